The maximum absolute atomic E-state index is 12.4. The highest BCUT2D eigenvalue weighted by Crippen LogP contribution is 2.31. The fraction of sp³-hybridized carbons (Fsp3) is 0.333. The molecule has 1 N–H and O–H groups in total. The van der Waals surface area contributed by atoms with Gasteiger partial charge in [0.05, 0.1) is 18.0 Å². The Morgan fingerprint density at radius 1 is 1.40 bits per heavy atom. The number of benzene rings is 1. The fourth-order valence-electron chi connectivity index (χ4n) is 1.90. The minimum absolute atomic E-state index is 0.0945. The molecular formula is C12H12F2N2O3S. The van der Waals surface area contributed by atoms with Crippen molar-refractivity contribution in [2.24, 2.45) is 0 Å². The van der Waals surface area contributed by atoms with Gasteiger partial charge in [-0.25, -0.2) is 0 Å². The molecule has 0 saturated carbocycles. The lowest BCUT2D eigenvalue weighted by Gasteiger charge is -2.12. The molecule has 8 heteroatoms. The van der Waals surface area contributed by atoms with Crippen molar-refractivity contribution in [3.05, 3.63) is 27.3 Å². The van der Waals surface area contributed by atoms with Gasteiger partial charge in [-0.15, -0.1) is 0 Å². The molecule has 1 aromatic carbocycles. The summed E-state index contributed by atoms with van der Waals surface area (Å²) in [5, 5.41) is 0.205. The Hall–Kier alpha value is -1.96. The van der Waals surface area contributed by atoms with Crippen LogP contribution < -0.4 is 15.0 Å². The number of hydrogen-bond donors (Lipinski definition) is 1. The van der Waals surface area contributed by atoms with Crippen molar-refractivity contribution < 1.29 is 18.3 Å². The van der Waals surface area contributed by atoms with Crippen molar-refractivity contribution in [1.29, 1.82) is 0 Å². The standard InChI is InChI=1S/C12H12F2N2O3S/c1-3-16-10(17)6-4-9(19-11(13)14)8(18-2)5-7(6)15-12(16)20/h4-5,11H,3H2,1-2H3,(H,15,20). The van der Waals surface area contributed by atoms with Gasteiger partial charge in [-0.3, -0.25) is 9.36 Å². The maximum atomic E-state index is 12.4. The molecule has 0 saturated heterocycles. The van der Waals surface area contributed by atoms with Crippen LogP contribution in [-0.2, 0) is 6.54 Å². The lowest BCUT2D eigenvalue weighted by Crippen LogP contribution is -2.21. The van der Waals surface area contributed by atoms with E-state index in [1.165, 1.54) is 23.8 Å². The third-order valence-corrected chi connectivity index (χ3v) is 3.12. The topological polar surface area (TPSA) is 56.2 Å². The highest BCUT2D eigenvalue weighted by molar-refractivity contribution is 7.71. The number of halogens is 2. The number of fused-ring (bicyclic) bond motifs is 1. The molecule has 2 rings (SSSR count). The molecule has 2 aromatic rings. The van der Waals surface area contributed by atoms with E-state index < -0.39 is 6.61 Å². The van der Waals surface area contributed by atoms with Gasteiger partial charge in [0.15, 0.2) is 16.3 Å². The number of methoxy groups -OCH3 is 1. The summed E-state index contributed by atoms with van der Waals surface area (Å²) in [5.41, 5.74) is 0.0381. The Balaban J connectivity index is 2.78. The number of aromatic amines is 1. The molecule has 1 aromatic heterocycles. The van der Waals surface area contributed by atoms with Crippen molar-refractivity contribution in [1.82, 2.24) is 9.55 Å². The van der Waals surface area contributed by atoms with E-state index in [9.17, 15) is 13.6 Å². The monoisotopic (exact) mass is 302 g/mol. The van der Waals surface area contributed by atoms with Crippen molar-refractivity contribution >= 4 is 23.1 Å². The predicted octanol–water partition coefficient (Wildman–Crippen LogP) is 2.69. The Kier molecular flexibility index (Phi) is 4.03. The van der Waals surface area contributed by atoms with Crippen LogP contribution in [0, 0.1) is 4.77 Å². The summed E-state index contributed by atoms with van der Waals surface area (Å²) in [4.78, 5) is 15.1. The van der Waals surface area contributed by atoms with Gasteiger partial charge < -0.3 is 14.5 Å². The average Bonchev–Trinajstić information content (AvgIpc) is 2.39. The largest absolute Gasteiger partial charge is 0.493 e. The molecule has 0 atom stereocenters. The van der Waals surface area contributed by atoms with E-state index in [2.05, 4.69) is 9.72 Å². The van der Waals surface area contributed by atoms with Gasteiger partial charge in [0, 0.05) is 12.6 Å². The van der Waals surface area contributed by atoms with E-state index in [0.29, 0.717) is 12.1 Å². The van der Waals surface area contributed by atoms with Gasteiger partial charge in [-0.1, -0.05) is 0 Å². The second kappa shape index (κ2) is 5.58. The molecule has 0 spiro atoms. The molecule has 5 nitrogen and oxygen atoms in total. The van der Waals surface area contributed by atoms with Gasteiger partial charge in [0.25, 0.3) is 5.56 Å². The van der Waals surface area contributed by atoms with Gasteiger partial charge >= 0.3 is 6.61 Å². The molecule has 108 valence electrons. The number of alkyl halides is 2. The fourth-order valence-corrected chi connectivity index (χ4v) is 2.22. The van der Waals surface area contributed by atoms with Crippen LogP contribution in [0.2, 0.25) is 0 Å². The lowest BCUT2D eigenvalue weighted by molar-refractivity contribution is -0.0511. The summed E-state index contributed by atoms with van der Waals surface area (Å²) < 4.78 is 35.6. The maximum Gasteiger partial charge on any atom is 0.387 e. The molecule has 0 radical (unpaired) electrons. The normalized spacial score (nSPS) is 11.1. The van der Waals surface area contributed by atoms with E-state index >= 15 is 0 Å². The van der Waals surface area contributed by atoms with Gasteiger partial charge in [0.1, 0.15) is 0 Å². The van der Waals surface area contributed by atoms with Crippen LogP contribution >= 0.6 is 12.2 Å². The summed E-state index contributed by atoms with van der Waals surface area (Å²) in [7, 11) is 1.32. The van der Waals surface area contributed by atoms with Crippen LogP contribution in [0.3, 0.4) is 0 Å². The Morgan fingerprint density at radius 2 is 2.10 bits per heavy atom. The Labute approximate surface area is 117 Å². The molecule has 0 bridgehead atoms. The molecule has 20 heavy (non-hydrogen) atoms. The van der Waals surface area contributed by atoms with E-state index in [0.717, 1.165) is 0 Å². The number of nitrogens with zero attached hydrogens (tertiary/aromatic N) is 1. The number of hydrogen-bond acceptors (Lipinski definition) is 4. The summed E-state index contributed by atoms with van der Waals surface area (Å²) >= 11 is 5.06. The zero-order valence-corrected chi connectivity index (χ0v) is 11.6. The minimum Gasteiger partial charge on any atom is -0.493 e. The third kappa shape index (κ3) is 2.51. The van der Waals surface area contributed by atoms with Crippen molar-refractivity contribution in [3.8, 4) is 11.5 Å². The summed E-state index contributed by atoms with van der Waals surface area (Å²) in [6, 6.07) is 2.63. The molecule has 0 aliphatic rings. The molecule has 1 heterocycles. The smallest absolute Gasteiger partial charge is 0.387 e. The first-order valence-corrected chi connectivity index (χ1v) is 6.18. The number of aromatic nitrogens is 2. The molecular weight excluding hydrogens is 290 g/mol. The molecule has 0 amide bonds. The summed E-state index contributed by atoms with van der Waals surface area (Å²) in [5.74, 6) is -0.0997. The number of rotatable bonds is 4. The summed E-state index contributed by atoms with van der Waals surface area (Å²) in [6.07, 6.45) is 0. The van der Waals surface area contributed by atoms with Crippen LogP contribution in [0.1, 0.15) is 6.92 Å². The highest BCUT2D eigenvalue weighted by atomic mass is 32.1. The van der Waals surface area contributed by atoms with E-state index in [-0.39, 0.29) is 27.2 Å². The first-order valence-electron chi connectivity index (χ1n) is 5.77. The molecule has 0 fully saturated rings. The molecule has 0 aliphatic heterocycles. The van der Waals surface area contributed by atoms with Gasteiger partial charge in [-0.05, 0) is 25.2 Å². The summed E-state index contributed by atoms with van der Waals surface area (Å²) in [6.45, 7) is -0.866. The third-order valence-electron chi connectivity index (χ3n) is 2.80. The second-order valence-electron chi connectivity index (χ2n) is 3.91. The van der Waals surface area contributed by atoms with Crippen molar-refractivity contribution in [2.75, 3.05) is 7.11 Å². The number of nitrogens with one attached hydrogen (secondary N) is 1. The van der Waals surface area contributed by atoms with Crippen LogP contribution in [0.5, 0.6) is 11.5 Å². The predicted molar refractivity (Wildman–Crippen MR) is 72.3 cm³/mol. The van der Waals surface area contributed by atoms with E-state index in [1.54, 1.807) is 6.92 Å². The highest BCUT2D eigenvalue weighted by Gasteiger charge is 2.14. The zero-order chi connectivity index (χ0) is 14.9. The number of H-pyrrole nitrogens is 1. The first kappa shape index (κ1) is 14.4. The Morgan fingerprint density at radius 3 is 2.65 bits per heavy atom. The van der Waals surface area contributed by atoms with Crippen LogP contribution in [-0.4, -0.2) is 23.3 Å². The number of ether oxygens (including phenoxy) is 2. The average molecular weight is 302 g/mol. The van der Waals surface area contributed by atoms with Crippen LogP contribution in [0.25, 0.3) is 10.9 Å². The van der Waals surface area contributed by atoms with E-state index in [1.807, 2.05) is 0 Å². The van der Waals surface area contributed by atoms with E-state index in [4.69, 9.17) is 17.0 Å². The van der Waals surface area contributed by atoms with Gasteiger partial charge in [-0.2, -0.15) is 8.78 Å². The van der Waals surface area contributed by atoms with Crippen molar-refractivity contribution in [2.45, 2.75) is 20.1 Å². The second-order valence-corrected chi connectivity index (χ2v) is 4.29. The van der Waals surface area contributed by atoms with Crippen LogP contribution in [0.15, 0.2) is 16.9 Å². The lowest BCUT2D eigenvalue weighted by atomic mass is 10.2. The zero-order valence-electron chi connectivity index (χ0n) is 10.8. The molecule has 0 aliphatic carbocycles. The van der Waals surface area contributed by atoms with Crippen LogP contribution in [0.4, 0.5) is 8.78 Å². The molecule has 0 unspecified atom stereocenters. The SMILES string of the molecule is CCn1c(=S)[nH]c2cc(OC)c(OC(F)F)cc2c1=O. The minimum atomic E-state index is -3.00. The Bertz CT molecular complexity index is 755. The first-order chi connectivity index (χ1) is 9.47. The van der Waals surface area contributed by atoms with Crippen molar-refractivity contribution in [3.63, 3.8) is 0 Å². The quantitative estimate of drug-likeness (QED) is 0.882. The van der Waals surface area contributed by atoms with Gasteiger partial charge in [0.2, 0.25) is 0 Å².